The van der Waals surface area contributed by atoms with Crippen LogP contribution < -0.4 is 10.6 Å². The number of methoxy groups -OCH3 is 1. The molecule has 0 fully saturated rings. The van der Waals surface area contributed by atoms with Gasteiger partial charge in [0.25, 0.3) is 5.91 Å². The molecule has 6 nitrogen and oxygen atoms in total. The molecule has 0 aliphatic rings. The number of carbonyl (C=O) groups is 1. The minimum Gasteiger partial charge on any atom is -0.385 e. The van der Waals surface area contributed by atoms with Crippen LogP contribution in [0, 0.1) is 6.92 Å². The molecule has 3 rings (SSSR count). The van der Waals surface area contributed by atoms with E-state index in [1.807, 2.05) is 36.4 Å². The minimum atomic E-state index is -0.0927. The van der Waals surface area contributed by atoms with Crippen LogP contribution in [-0.4, -0.2) is 36.4 Å². The average molecular weight is 376 g/mol. The summed E-state index contributed by atoms with van der Waals surface area (Å²) in [6.45, 7) is 3.28. The van der Waals surface area contributed by atoms with Crippen LogP contribution in [0.25, 0.3) is 11.3 Å². The van der Waals surface area contributed by atoms with Crippen LogP contribution in [0.4, 0.5) is 11.5 Å². The molecule has 0 saturated carbocycles. The Morgan fingerprint density at radius 2 is 1.71 bits per heavy atom. The fourth-order valence-electron chi connectivity index (χ4n) is 2.65. The van der Waals surface area contributed by atoms with Gasteiger partial charge in [-0.3, -0.25) is 4.79 Å². The molecule has 6 heteroatoms. The molecular weight excluding hydrogens is 352 g/mol. The maximum absolute atomic E-state index is 12.1. The maximum Gasteiger partial charge on any atom is 0.251 e. The fraction of sp³-hybridized carbons (Fsp3) is 0.227. The summed E-state index contributed by atoms with van der Waals surface area (Å²) >= 11 is 0. The number of rotatable bonds is 8. The summed E-state index contributed by atoms with van der Waals surface area (Å²) in [4.78, 5) is 12.1. The van der Waals surface area contributed by atoms with Crippen molar-refractivity contribution in [2.45, 2.75) is 13.3 Å². The van der Waals surface area contributed by atoms with Crippen LogP contribution in [0.2, 0.25) is 0 Å². The summed E-state index contributed by atoms with van der Waals surface area (Å²) in [6.07, 6.45) is 0.791. The topological polar surface area (TPSA) is 76.1 Å². The Hall–Kier alpha value is -3.25. The van der Waals surface area contributed by atoms with Crippen molar-refractivity contribution in [3.8, 4) is 11.3 Å². The molecule has 2 N–H and O–H groups in total. The van der Waals surface area contributed by atoms with E-state index in [0.29, 0.717) is 24.5 Å². The number of nitrogens with zero attached hydrogens (tertiary/aromatic N) is 2. The van der Waals surface area contributed by atoms with Crippen LogP contribution in [0.1, 0.15) is 22.3 Å². The molecule has 0 bridgehead atoms. The molecule has 0 aliphatic carbocycles. The van der Waals surface area contributed by atoms with E-state index in [-0.39, 0.29) is 5.91 Å². The zero-order chi connectivity index (χ0) is 19.8. The molecule has 0 radical (unpaired) electrons. The van der Waals surface area contributed by atoms with Gasteiger partial charge >= 0.3 is 0 Å². The van der Waals surface area contributed by atoms with Crippen LogP contribution in [-0.2, 0) is 4.74 Å². The predicted molar refractivity (Wildman–Crippen MR) is 111 cm³/mol. The maximum atomic E-state index is 12.1. The van der Waals surface area contributed by atoms with Crippen molar-refractivity contribution < 1.29 is 9.53 Å². The van der Waals surface area contributed by atoms with E-state index in [1.165, 1.54) is 5.56 Å². The van der Waals surface area contributed by atoms with Gasteiger partial charge in [-0.25, -0.2) is 0 Å². The molecule has 1 aromatic heterocycles. The highest BCUT2D eigenvalue weighted by Crippen LogP contribution is 2.19. The SMILES string of the molecule is COCCCNC(=O)c1ccc(Nc2ccc(-c3ccc(C)cc3)nn2)cc1. The monoisotopic (exact) mass is 376 g/mol. The highest BCUT2D eigenvalue weighted by Gasteiger charge is 2.06. The van der Waals surface area contributed by atoms with Crippen molar-refractivity contribution in [3.63, 3.8) is 0 Å². The Labute approximate surface area is 165 Å². The quantitative estimate of drug-likeness (QED) is 0.582. The molecule has 1 heterocycles. The first-order chi connectivity index (χ1) is 13.7. The number of benzene rings is 2. The van der Waals surface area contributed by atoms with Crippen molar-refractivity contribution in [3.05, 3.63) is 71.8 Å². The van der Waals surface area contributed by atoms with Crippen LogP contribution >= 0.6 is 0 Å². The Kier molecular flexibility index (Phi) is 6.70. The van der Waals surface area contributed by atoms with E-state index in [2.05, 4.69) is 39.9 Å². The van der Waals surface area contributed by atoms with Gasteiger partial charge in [0.05, 0.1) is 5.69 Å². The number of hydrogen-bond donors (Lipinski definition) is 2. The summed E-state index contributed by atoms with van der Waals surface area (Å²) < 4.78 is 4.97. The van der Waals surface area contributed by atoms with Crippen LogP contribution in [0.3, 0.4) is 0 Å². The van der Waals surface area contributed by atoms with Gasteiger partial charge in [-0.2, -0.15) is 0 Å². The van der Waals surface area contributed by atoms with E-state index >= 15 is 0 Å². The number of amides is 1. The molecule has 3 aromatic rings. The lowest BCUT2D eigenvalue weighted by Gasteiger charge is -2.08. The zero-order valence-electron chi connectivity index (χ0n) is 16.1. The molecule has 2 aromatic carbocycles. The van der Waals surface area contributed by atoms with Crippen molar-refractivity contribution in [1.82, 2.24) is 15.5 Å². The Morgan fingerprint density at radius 1 is 0.964 bits per heavy atom. The van der Waals surface area contributed by atoms with E-state index < -0.39 is 0 Å². The summed E-state index contributed by atoms with van der Waals surface area (Å²) in [5.74, 6) is 0.553. The summed E-state index contributed by atoms with van der Waals surface area (Å²) in [7, 11) is 1.65. The molecule has 144 valence electrons. The number of anilines is 2. The number of aromatic nitrogens is 2. The van der Waals surface area contributed by atoms with Gasteiger partial charge in [0, 0.05) is 37.1 Å². The third-order valence-corrected chi connectivity index (χ3v) is 4.24. The second-order valence-corrected chi connectivity index (χ2v) is 6.47. The number of nitrogens with one attached hydrogen (secondary N) is 2. The number of ether oxygens (including phenoxy) is 1. The van der Waals surface area contributed by atoms with E-state index in [1.54, 1.807) is 19.2 Å². The molecule has 0 saturated heterocycles. The van der Waals surface area contributed by atoms with Gasteiger partial charge in [-0.15, -0.1) is 10.2 Å². The van der Waals surface area contributed by atoms with Gasteiger partial charge in [-0.05, 0) is 49.7 Å². The molecule has 0 atom stereocenters. The first-order valence-electron chi connectivity index (χ1n) is 9.21. The van der Waals surface area contributed by atoms with Gasteiger partial charge < -0.3 is 15.4 Å². The molecule has 28 heavy (non-hydrogen) atoms. The van der Waals surface area contributed by atoms with Crippen molar-refractivity contribution >= 4 is 17.4 Å². The van der Waals surface area contributed by atoms with Gasteiger partial charge in [0.1, 0.15) is 0 Å². The third-order valence-electron chi connectivity index (χ3n) is 4.24. The summed E-state index contributed by atoms with van der Waals surface area (Å²) in [6, 6.07) is 19.2. The summed E-state index contributed by atoms with van der Waals surface area (Å²) in [5, 5.41) is 14.6. The number of aryl methyl sites for hydroxylation is 1. The van der Waals surface area contributed by atoms with Gasteiger partial charge in [0.2, 0.25) is 0 Å². The fourth-order valence-corrected chi connectivity index (χ4v) is 2.65. The Bertz CT molecular complexity index is 891. The molecular formula is C22H24N4O2. The van der Waals surface area contributed by atoms with Crippen molar-refractivity contribution in [2.75, 3.05) is 25.6 Å². The van der Waals surface area contributed by atoms with E-state index in [4.69, 9.17) is 4.74 Å². The Balaban J connectivity index is 1.58. The second-order valence-electron chi connectivity index (χ2n) is 6.47. The van der Waals surface area contributed by atoms with Crippen molar-refractivity contribution in [2.24, 2.45) is 0 Å². The normalized spacial score (nSPS) is 10.5. The lowest BCUT2D eigenvalue weighted by molar-refractivity contribution is 0.0948. The number of carbonyl (C=O) groups excluding carboxylic acids is 1. The smallest absolute Gasteiger partial charge is 0.251 e. The van der Waals surface area contributed by atoms with E-state index in [0.717, 1.165) is 23.4 Å². The minimum absolute atomic E-state index is 0.0927. The van der Waals surface area contributed by atoms with Crippen LogP contribution in [0.15, 0.2) is 60.7 Å². The lowest BCUT2D eigenvalue weighted by Crippen LogP contribution is -2.25. The molecule has 1 amide bonds. The first-order valence-corrected chi connectivity index (χ1v) is 9.21. The number of hydrogen-bond acceptors (Lipinski definition) is 5. The van der Waals surface area contributed by atoms with Gasteiger partial charge in [0.15, 0.2) is 5.82 Å². The molecule has 0 spiro atoms. The van der Waals surface area contributed by atoms with E-state index in [9.17, 15) is 4.79 Å². The van der Waals surface area contributed by atoms with Crippen LogP contribution in [0.5, 0.6) is 0 Å². The highest BCUT2D eigenvalue weighted by atomic mass is 16.5. The standard InChI is InChI=1S/C22H24N4O2/c1-16-4-6-17(7-5-16)20-12-13-21(26-25-20)24-19-10-8-18(9-11-19)22(27)23-14-3-15-28-2/h4-13H,3,14-15H2,1-2H3,(H,23,27)(H,24,26). The lowest BCUT2D eigenvalue weighted by atomic mass is 10.1. The second kappa shape index (κ2) is 9.62. The third kappa shape index (κ3) is 5.37. The van der Waals surface area contributed by atoms with Crippen molar-refractivity contribution in [1.29, 1.82) is 0 Å². The molecule has 0 aliphatic heterocycles. The average Bonchev–Trinajstić information content (AvgIpc) is 2.73. The predicted octanol–water partition coefficient (Wildman–Crippen LogP) is 3.96. The molecule has 0 unspecified atom stereocenters. The first kappa shape index (κ1) is 19.5. The highest BCUT2D eigenvalue weighted by molar-refractivity contribution is 5.94. The van der Waals surface area contributed by atoms with Gasteiger partial charge in [-0.1, -0.05) is 29.8 Å². The largest absolute Gasteiger partial charge is 0.385 e. The Morgan fingerprint density at radius 3 is 2.36 bits per heavy atom. The zero-order valence-corrected chi connectivity index (χ0v) is 16.1. The summed E-state index contributed by atoms with van der Waals surface area (Å²) in [5.41, 5.74) is 4.52.